The number of alkyl halides is 2. The van der Waals surface area contributed by atoms with E-state index in [1.165, 1.54) is 18.2 Å². The van der Waals surface area contributed by atoms with Crippen LogP contribution in [0.5, 0.6) is 23.0 Å². The van der Waals surface area contributed by atoms with E-state index in [0.717, 1.165) is 11.1 Å². The maximum absolute atomic E-state index is 13.3. The Morgan fingerprint density at radius 1 is 0.909 bits per heavy atom. The van der Waals surface area contributed by atoms with E-state index in [2.05, 4.69) is 30.4 Å². The molecule has 5 rings (SSSR count). The van der Waals surface area contributed by atoms with Gasteiger partial charge in [0.1, 0.15) is 5.69 Å². The van der Waals surface area contributed by atoms with Crippen LogP contribution >= 0.6 is 0 Å². The molecule has 0 bridgehead atoms. The van der Waals surface area contributed by atoms with Crippen LogP contribution in [0.15, 0.2) is 79.0 Å². The number of nitrogens with one attached hydrogen (secondary N) is 3. The summed E-state index contributed by atoms with van der Waals surface area (Å²) >= 11 is 0. The standard InChI is InChI=1S/C32H30F2N4O6/c1-3-42-26-10-8-20(17-28(26)41-2)12-15-36-31(40)25-16-21(13-14-35-25)19-37-24-7-5-4-6-23(24)30(39)38-22-9-11-27-29(18-22)44-32(33,34)43-27/h4-11,13-14,16-18,37H,3,12,15,19H2,1-2H3,(H,36,40)(H,38,39). The molecule has 44 heavy (non-hydrogen) atoms. The van der Waals surface area contributed by atoms with Crippen molar-refractivity contribution in [3.05, 3.63) is 101 Å². The van der Waals surface area contributed by atoms with Crippen molar-refractivity contribution >= 4 is 23.2 Å². The Bertz CT molecular complexity index is 1670. The van der Waals surface area contributed by atoms with Crippen molar-refractivity contribution in [2.75, 3.05) is 30.9 Å². The van der Waals surface area contributed by atoms with E-state index >= 15 is 0 Å². The van der Waals surface area contributed by atoms with Gasteiger partial charge in [-0.25, -0.2) is 0 Å². The minimum absolute atomic E-state index is 0.117. The molecule has 3 aromatic carbocycles. The van der Waals surface area contributed by atoms with Gasteiger partial charge in [-0.3, -0.25) is 14.6 Å². The molecule has 12 heteroatoms. The van der Waals surface area contributed by atoms with E-state index in [9.17, 15) is 18.4 Å². The minimum atomic E-state index is -3.75. The molecule has 0 aliphatic carbocycles. The zero-order valence-electron chi connectivity index (χ0n) is 24.0. The first-order valence-corrected chi connectivity index (χ1v) is 13.8. The third kappa shape index (κ3) is 7.33. The number of nitrogens with zero attached hydrogens (tertiary/aromatic N) is 1. The molecule has 1 aromatic heterocycles. The third-order valence-corrected chi connectivity index (χ3v) is 6.60. The average molecular weight is 605 g/mol. The van der Waals surface area contributed by atoms with Gasteiger partial charge >= 0.3 is 6.29 Å². The monoisotopic (exact) mass is 604 g/mol. The number of halogens is 2. The van der Waals surface area contributed by atoms with Crippen LogP contribution < -0.4 is 34.9 Å². The molecule has 2 amide bonds. The van der Waals surface area contributed by atoms with Gasteiger partial charge in [0.15, 0.2) is 23.0 Å². The number of carbonyl (C=O) groups is 2. The van der Waals surface area contributed by atoms with Gasteiger partial charge in [0, 0.05) is 36.7 Å². The van der Waals surface area contributed by atoms with Crippen LogP contribution in [0.2, 0.25) is 0 Å². The van der Waals surface area contributed by atoms with E-state index in [0.29, 0.717) is 48.9 Å². The van der Waals surface area contributed by atoms with Crippen molar-refractivity contribution < 1.29 is 37.3 Å². The lowest BCUT2D eigenvalue weighted by atomic mass is 10.1. The maximum atomic E-state index is 13.3. The fraction of sp³-hybridized carbons (Fsp3) is 0.219. The highest BCUT2D eigenvalue weighted by Gasteiger charge is 2.43. The van der Waals surface area contributed by atoms with E-state index in [1.807, 2.05) is 25.1 Å². The highest BCUT2D eigenvalue weighted by molar-refractivity contribution is 6.08. The van der Waals surface area contributed by atoms with Gasteiger partial charge in [-0.1, -0.05) is 18.2 Å². The molecule has 0 saturated heterocycles. The van der Waals surface area contributed by atoms with Crippen LogP contribution in [0.3, 0.4) is 0 Å². The lowest BCUT2D eigenvalue weighted by Gasteiger charge is -2.13. The summed E-state index contributed by atoms with van der Waals surface area (Å²) in [5, 5.41) is 8.79. The van der Waals surface area contributed by atoms with Crippen molar-refractivity contribution in [1.29, 1.82) is 0 Å². The number of amides is 2. The molecule has 0 unspecified atom stereocenters. The molecule has 0 fully saturated rings. The van der Waals surface area contributed by atoms with Gasteiger partial charge in [-0.15, -0.1) is 8.78 Å². The molecule has 1 aliphatic heterocycles. The molecule has 0 saturated carbocycles. The molecule has 228 valence electrons. The third-order valence-electron chi connectivity index (χ3n) is 6.60. The van der Waals surface area contributed by atoms with Gasteiger partial charge in [0.05, 0.1) is 19.3 Å². The fourth-order valence-corrected chi connectivity index (χ4v) is 4.52. The van der Waals surface area contributed by atoms with E-state index < -0.39 is 12.2 Å². The van der Waals surface area contributed by atoms with Gasteiger partial charge in [0.25, 0.3) is 11.8 Å². The fourth-order valence-electron chi connectivity index (χ4n) is 4.52. The smallest absolute Gasteiger partial charge is 0.493 e. The second kappa shape index (κ2) is 13.3. The van der Waals surface area contributed by atoms with Crippen molar-refractivity contribution in [1.82, 2.24) is 10.3 Å². The van der Waals surface area contributed by atoms with Gasteiger partial charge in [-0.2, -0.15) is 0 Å². The summed E-state index contributed by atoms with van der Waals surface area (Å²) in [6.07, 6.45) is -1.61. The SMILES string of the molecule is CCOc1ccc(CCNC(=O)c2cc(CNc3ccccc3C(=O)Nc3ccc4c(c3)OC(F)(F)O4)ccn2)cc1OC. The summed E-state index contributed by atoms with van der Waals surface area (Å²) in [5.74, 6) is 0.239. The molecule has 1 aliphatic rings. The highest BCUT2D eigenvalue weighted by Crippen LogP contribution is 2.42. The highest BCUT2D eigenvalue weighted by atomic mass is 19.3. The molecule has 0 radical (unpaired) electrons. The Balaban J connectivity index is 1.17. The molecular weight excluding hydrogens is 574 g/mol. The number of hydrogen-bond donors (Lipinski definition) is 3. The van der Waals surface area contributed by atoms with E-state index in [1.54, 1.807) is 49.7 Å². The zero-order chi connectivity index (χ0) is 31.1. The van der Waals surface area contributed by atoms with E-state index in [4.69, 9.17) is 9.47 Å². The number of rotatable bonds is 12. The van der Waals surface area contributed by atoms with Crippen LogP contribution in [-0.2, 0) is 13.0 Å². The van der Waals surface area contributed by atoms with Crippen LogP contribution in [0, 0.1) is 0 Å². The number of hydrogen-bond acceptors (Lipinski definition) is 8. The topological polar surface area (TPSA) is 120 Å². The number of fused-ring (bicyclic) bond motifs is 1. The van der Waals surface area contributed by atoms with Crippen LogP contribution in [0.4, 0.5) is 20.2 Å². The van der Waals surface area contributed by atoms with Crippen molar-refractivity contribution in [3.63, 3.8) is 0 Å². The Labute approximate surface area is 252 Å². The number of methoxy groups -OCH3 is 1. The molecule has 4 aromatic rings. The first kappa shape index (κ1) is 30.1. The van der Waals surface area contributed by atoms with Crippen molar-refractivity contribution in [2.45, 2.75) is 26.2 Å². The summed E-state index contributed by atoms with van der Waals surface area (Å²) in [6, 6.07) is 19.9. The van der Waals surface area contributed by atoms with E-state index in [-0.39, 0.29) is 28.8 Å². The van der Waals surface area contributed by atoms with Gasteiger partial charge in [-0.05, 0) is 73.0 Å². The normalized spacial score (nSPS) is 12.7. The summed E-state index contributed by atoms with van der Waals surface area (Å²) in [5.41, 5.74) is 3.14. The van der Waals surface area contributed by atoms with Crippen LogP contribution in [0.1, 0.15) is 38.9 Å². The van der Waals surface area contributed by atoms with Crippen molar-refractivity contribution in [2.24, 2.45) is 0 Å². The lowest BCUT2D eigenvalue weighted by Crippen LogP contribution is -2.26. The summed E-state index contributed by atoms with van der Waals surface area (Å²) in [7, 11) is 1.58. The Hall–Kier alpha value is -5.39. The largest absolute Gasteiger partial charge is 0.586 e. The number of para-hydroxylation sites is 1. The van der Waals surface area contributed by atoms with Crippen LogP contribution in [-0.4, -0.2) is 43.4 Å². The molecular formula is C32H30F2N4O6. The second-order valence-corrected chi connectivity index (χ2v) is 9.66. The molecule has 3 N–H and O–H groups in total. The lowest BCUT2D eigenvalue weighted by molar-refractivity contribution is -0.286. The maximum Gasteiger partial charge on any atom is 0.586 e. The summed E-state index contributed by atoms with van der Waals surface area (Å²) < 4.78 is 46.5. The van der Waals surface area contributed by atoms with Crippen molar-refractivity contribution in [3.8, 4) is 23.0 Å². The number of aromatic nitrogens is 1. The molecule has 2 heterocycles. The first-order valence-electron chi connectivity index (χ1n) is 13.8. The second-order valence-electron chi connectivity index (χ2n) is 9.66. The average Bonchev–Trinajstić information content (AvgIpc) is 3.34. The Kier molecular flexibility index (Phi) is 9.08. The summed E-state index contributed by atoms with van der Waals surface area (Å²) in [6.45, 7) is 3.14. The molecule has 0 atom stereocenters. The van der Waals surface area contributed by atoms with Gasteiger partial charge in [0.2, 0.25) is 0 Å². The minimum Gasteiger partial charge on any atom is -0.493 e. The number of ether oxygens (including phenoxy) is 4. The number of benzene rings is 3. The quantitative estimate of drug-likeness (QED) is 0.190. The number of carbonyl (C=O) groups excluding carboxylic acids is 2. The molecule has 10 nitrogen and oxygen atoms in total. The summed E-state index contributed by atoms with van der Waals surface area (Å²) in [4.78, 5) is 30.1. The number of anilines is 2. The predicted octanol–water partition coefficient (Wildman–Crippen LogP) is 5.65. The number of pyridine rings is 1. The zero-order valence-corrected chi connectivity index (χ0v) is 24.0. The van der Waals surface area contributed by atoms with Crippen LogP contribution in [0.25, 0.3) is 0 Å². The molecule has 0 spiro atoms. The Morgan fingerprint density at radius 3 is 2.55 bits per heavy atom. The van der Waals surface area contributed by atoms with Gasteiger partial charge < -0.3 is 34.9 Å². The predicted molar refractivity (Wildman–Crippen MR) is 159 cm³/mol. The Morgan fingerprint density at radius 2 is 1.73 bits per heavy atom. The first-order chi connectivity index (χ1) is 21.2.